The second-order valence-electron chi connectivity index (χ2n) is 6.34. The molecule has 0 bridgehead atoms. The van der Waals surface area contributed by atoms with Gasteiger partial charge in [0.2, 0.25) is 0 Å². The number of aryl methyl sites for hydroxylation is 2. The predicted octanol–water partition coefficient (Wildman–Crippen LogP) is 5.08. The van der Waals surface area contributed by atoms with Crippen LogP contribution in [0.15, 0.2) is 46.2 Å². The summed E-state index contributed by atoms with van der Waals surface area (Å²) in [5, 5.41) is 10.6. The topological polar surface area (TPSA) is 102 Å². The number of hydrogen-bond acceptors (Lipinski definition) is 6. The average molecular weight is 432 g/mol. The molecule has 0 fully saturated rings. The SMILES string of the molecule is Cc1ccc(O)c(Sc2ccc(CCC(C)COP(=O)(O)ON)c(Cl)c2)c1. The van der Waals surface area contributed by atoms with Crippen LogP contribution in [0.5, 0.6) is 5.75 Å². The Kier molecular flexibility index (Phi) is 8.19. The highest BCUT2D eigenvalue weighted by Gasteiger charge is 2.20. The largest absolute Gasteiger partial charge is 0.507 e. The van der Waals surface area contributed by atoms with E-state index >= 15 is 0 Å². The summed E-state index contributed by atoms with van der Waals surface area (Å²) >= 11 is 7.84. The third kappa shape index (κ3) is 7.12. The maximum absolute atomic E-state index is 11.2. The fourth-order valence-corrected chi connectivity index (χ4v) is 4.19. The molecule has 9 heteroatoms. The first-order valence-electron chi connectivity index (χ1n) is 8.32. The summed E-state index contributed by atoms with van der Waals surface area (Å²) < 4.78 is 19.9. The first-order chi connectivity index (χ1) is 12.7. The lowest BCUT2D eigenvalue weighted by molar-refractivity contribution is 0.133. The van der Waals surface area contributed by atoms with E-state index in [4.69, 9.17) is 26.9 Å². The molecule has 2 aromatic rings. The Morgan fingerprint density at radius 3 is 2.70 bits per heavy atom. The maximum Gasteiger partial charge on any atom is 0.488 e. The van der Waals surface area contributed by atoms with Gasteiger partial charge in [-0.05, 0) is 61.1 Å². The molecule has 0 aliphatic rings. The van der Waals surface area contributed by atoms with Gasteiger partial charge in [0.15, 0.2) is 0 Å². The van der Waals surface area contributed by atoms with Crippen molar-refractivity contribution in [1.82, 2.24) is 0 Å². The van der Waals surface area contributed by atoms with E-state index in [9.17, 15) is 9.67 Å². The zero-order valence-electron chi connectivity index (χ0n) is 15.1. The summed E-state index contributed by atoms with van der Waals surface area (Å²) in [6.07, 6.45) is 1.42. The van der Waals surface area contributed by atoms with Crippen LogP contribution in [0.4, 0.5) is 0 Å². The minimum Gasteiger partial charge on any atom is -0.507 e. The Hall–Kier alpha value is -1.05. The van der Waals surface area contributed by atoms with E-state index in [0.717, 1.165) is 27.3 Å². The van der Waals surface area contributed by atoms with Crippen LogP contribution in [-0.4, -0.2) is 16.6 Å². The molecule has 0 spiro atoms. The molecule has 0 radical (unpaired) electrons. The van der Waals surface area contributed by atoms with Gasteiger partial charge in [-0.3, -0.25) is 4.52 Å². The number of phosphoric acid groups is 1. The first kappa shape index (κ1) is 22.2. The van der Waals surface area contributed by atoms with Crippen LogP contribution in [0.3, 0.4) is 0 Å². The van der Waals surface area contributed by atoms with E-state index in [1.54, 1.807) is 6.07 Å². The van der Waals surface area contributed by atoms with Gasteiger partial charge >= 0.3 is 7.82 Å². The first-order valence-corrected chi connectivity index (χ1v) is 11.0. The van der Waals surface area contributed by atoms with Crippen molar-refractivity contribution in [2.24, 2.45) is 11.8 Å². The molecule has 0 saturated carbocycles. The van der Waals surface area contributed by atoms with Crippen LogP contribution in [0, 0.1) is 12.8 Å². The van der Waals surface area contributed by atoms with E-state index in [-0.39, 0.29) is 18.3 Å². The van der Waals surface area contributed by atoms with Crippen molar-refractivity contribution in [3.63, 3.8) is 0 Å². The standard InChI is InChI=1S/C18H23ClNO5PS/c1-12-4-8-17(21)18(9-12)27-15-7-6-14(16(19)10-15)5-3-13(2)11-24-26(22,23)25-20/h4,6-10,13,21H,3,5,11,20H2,1-2H3,(H,22,23). The zero-order valence-corrected chi connectivity index (χ0v) is 17.6. The molecule has 0 heterocycles. The van der Waals surface area contributed by atoms with Gasteiger partial charge in [-0.15, -0.1) is 0 Å². The fourth-order valence-electron chi connectivity index (χ4n) is 2.36. The molecular formula is C18H23ClNO5PS. The minimum atomic E-state index is -4.15. The Bertz CT molecular complexity index is 835. The second-order valence-corrected chi connectivity index (χ2v) is 9.27. The molecule has 0 saturated heterocycles. The van der Waals surface area contributed by atoms with Gasteiger partial charge in [0, 0.05) is 9.92 Å². The number of phosphoric ester groups is 1. The molecule has 2 aromatic carbocycles. The molecule has 4 N–H and O–H groups in total. The number of aromatic hydroxyl groups is 1. The van der Waals surface area contributed by atoms with Gasteiger partial charge in [0.25, 0.3) is 0 Å². The third-order valence-electron chi connectivity index (χ3n) is 3.93. The molecule has 2 atom stereocenters. The van der Waals surface area contributed by atoms with Crippen LogP contribution in [0.1, 0.15) is 24.5 Å². The third-order valence-corrected chi connectivity index (χ3v) is 6.06. The fraction of sp³-hybridized carbons (Fsp3) is 0.333. The van der Waals surface area contributed by atoms with Crippen molar-refractivity contribution in [3.8, 4) is 5.75 Å². The Balaban J connectivity index is 1.94. The van der Waals surface area contributed by atoms with E-state index in [2.05, 4.69) is 4.62 Å². The van der Waals surface area contributed by atoms with E-state index < -0.39 is 7.82 Å². The van der Waals surface area contributed by atoms with Crippen LogP contribution in [0.25, 0.3) is 0 Å². The van der Waals surface area contributed by atoms with Gasteiger partial charge in [0.05, 0.1) is 11.5 Å². The van der Waals surface area contributed by atoms with E-state index in [0.29, 0.717) is 11.4 Å². The molecule has 0 aliphatic carbocycles. The minimum absolute atomic E-state index is 0.0231. The van der Waals surface area contributed by atoms with Crippen LogP contribution in [-0.2, 0) is 20.1 Å². The van der Waals surface area contributed by atoms with Crippen molar-refractivity contribution >= 4 is 31.2 Å². The normalized spacial score (nSPS) is 14.7. The highest BCUT2D eigenvalue weighted by molar-refractivity contribution is 7.99. The molecule has 0 aliphatic heterocycles. The monoisotopic (exact) mass is 431 g/mol. The predicted molar refractivity (Wildman–Crippen MR) is 107 cm³/mol. The van der Waals surface area contributed by atoms with Gasteiger partial charge in [-0.25, -0.2) is 15.1 Å². The second kappa shape index (κ2) is 9.94. The number of phenols is 1. The highest BCUT2D eigenvalue weighted by Crippen LogP contribution is 2.41. The summed E-state index contributed by atoms with van der Waals surface area (Å²) in [6.45, 7) is 3.93. The number of halogens is 1. The van der Waals surface area contributed by atoms with Crippen molar-refractivity contribution < 1.29 is 23.7 Å². The Morgan fingerprint density at radius 2 is 2.04 bits per heavy atom. The van der Waals surface area contributed by atoms with E-state index in [1.807, 2.05) is 44.2 Å². The van der Waals surface area contributed by atoms with E-state index in [1.165, 1.54) is 11.8 Å². The average Bonchev–Trinajstić information content (AvgIpc) is 2.62. The van der Waals surface area contributed by atoms with Crippen molar-refractivity contribution in [3.05, 3.63) is 52.5 Å². The molecule has 6 nitrogen and oxygen atoms in total. The summed E-state index contributed by atoms with van der Waals surface area (Å²) in [7, 11) is -4.15. The van der Waals surface area contributed by atoms with Crippen molar-refractivity contribution in [1.29, 1.82) is 0 Å². The summed E-state index contributed by atoms with van der Waals surface area (Å²) in [4.78, 5) is 10.8. The zero-order chi connectivity index (χ0) is 20.0. The smallest absolute Gasteiger partial charge is 0.488 e. The number of phenolic OH excluding ortho intramolecular Hbond substituents is 1. The molecule has 148 valence electrons. The molecule has 2 rings (SSSR count). The molecule has 2 unspecified atom stereocenters. The summed E-state index contributed by atoms with van der Waals surface area (Å²) in [6, 6.07) is 11.2. The lowest BCUT2D eigenvalue weighted by atomic mass is 10.0. The highest BCUT2D eigenvalue weighted by atomic mass is 35.5. The summed E-state index contributed by atoms with van der Waals surface area (Å²) in [5.41, 5.74) is 2.05. The lowest BCUT2D eigenvalue weighted by Crippen LogP contribution is -2.08. The Labute approximate surface area is 168 Å². The van der Waals surface area contributed by atoms with Crippen molar-refractivity contribution in [2.75, 3.05) is 6.61 Å². The molecular weight excluding hydrogens is 409 g/mol. The van der Waals surface area contributed by atoms with Gasteiger partial charge in [0.1, 0.15) is 5.75 Å². The van der Waals surface area contributed by atoms with Crippen LogP contribution in [0.2, 0.25) is 5.02 Å². The number of hydrogen-bond donors (Lipinski definition) is 3. The summed E-state index contributed by atoms with van der Waals surface area (Å²) in [5.74, 6) is 4.95. The maximum atomic E-state index is 11.2. The number of nitrogens with two attached hydrogens (primary N) is 1. The lowest BCUT2D eigenvalue weighted by Gasteiger charge is -2.14. The van der Waals surface area contributed by atoms with Crippen molar-refractivity contribution in [2.45, 2.75) is 36.5 Å². The van der Waals surface area contributed by atoms with Gasteiger partial charge < -0.3 is 10.00 Å². The molecule has 0 amide bonds. The van der Waals surface area contributed by atoms with Gasteiger partial charge in [-0.2, -0.15) is 0 Å². The number of benzene rings is 2. The molecule has 0 aromatic heterocycles. The Morgan fingerprint density at radius 1 is 1.30 bits per heavy atom. The quantitative estimate of drug-likeness (QED) is 0.375. The number of rotatable bonds is 9. The van der Waals surface area contributed by atoms with Crippen LogP contribution < -0.4 is 5.90 Å². The van der Waals surface area contributed by atoms with Crippen LogP contribution >= 0.6 is 31.2 Å². The van der Waals surface area contributed by atoms with Gasteiger partial charge in [-0.1, -0.05) is 42.4 Å². The molecule has 27 heavy (non-hydrogen) atoms.